The maximum absolute atomic E-state index is 11.2. The van der Waals surface area contributed by atoms with Crippen LogP contribution in [0.3, 0.4) is 0 Å². The number of methoxy groups -OCH3 is 1. The molecule has 0 aliphatic rings. The Labute approximate surface area is 122 Å². The quantitative estimate of drug-likeness (QED) is 0.503. The monoisotopic (exact) mass is 278 g/mol. The predicted octanol–water partition coefficient (Wildman–Crippen LogP) is 4.14. The largest absolute Gasteiger partial charge is 0.490 e. The van der Waals surface area contributed by atoms with Gasteiger partial charge in [-0.1, -0.05) is 38.0 Å². The van der Waals surface area contributed by atoms with E-state index in [4.69, 9.17) is 4.74 Å². The molecule has 3 nitrogen and oxygen atoms in total. The lowest BCUT2D eigenvalue weighted by atomic mass is 10.1. The fraction of sp³-hybridized carbons (Fsp3) is 0.588. The highest BCUT2D eigenvalue weighted by atomic mass is 16.5. The topological polar surface area (TPSA) is 35.5 Å². The van der Waals surface area contributed by atoms with Crippen molar-refractivity contribution in [2.45, 2.75) is 58.5 Å². The van der Waals surface area contributed by atoms with Crippen LogP contribution in [0.4, 0.5) is 0 Å². The molecule has 1 aromatic carbocycles. The number of esters is 1. The van der Waals surface area contributed by atoms with Crippen LogP contribution in [-0.4, -0.2) is 19.2 Å². The molecule has 0 N–H and O–H groups in total. The first-order chi connectivity index (χ1) is 9.67. The van der Waals surface area contributed by atoms with Gasteiger partial charge in [-0.15, -0.1) is 0 Å². The third-order valence-electron chi connectivity index (χ3n) is 3.34. The van der Waals surface area contributed by atoms with Crippen LogP contribution in [0.1, 0.15) is 51.5 Å². The molecule has 1 atom stereocenters. The van der Waals surface area contributed by atoms with Crippen LogP contribution >= 0.6 is 0 Å². The summed E-state index contributed by atoms with van der Waals surface area (Å²) in [6, 6.07) is 7.93. The predicted molar refractivity (Wildman–Crippen MR) is 81.0 cm³/mol. The Morgan fingerprint density at radius 3 is 2.70 bits per heavy atom. The molecule has 0 amide bonds. The van der Waals surface area contributed by atoms with Gasteiger partial charge >= 0.3 is 5.97 Å². The molecule has 0 heterocycles. The normalized spacial score (nSPS) is 11.9. The van der Waals surface area contributed by atoms with E-state index in [0.717, 1.165) is 17.7 Å². The summed E-state index contributed by atoms with van der Waals surface area (Å²) in [5.41, 5.74) is 1.07. The summed E-state index contributed by atoms with van der Waals surface area (Å²) in [7, 11) is 1.42. The van der Waals surface area contributed by atoms with Crippen molar-refractivity contribution in [1.82, 2.24) is 0 Å². The molecule has 0 radical (unpaired) electrons. The minimum Gasteiger partial charge on any atom is -0.490 e. The molecule has 0 aromatic heterocycles. The molecule has 0 bridgehead atoms. The van der Waals surface area contributed by atoms with Crippen molar-refractivity contribution < 1.29 is 14.3 Å². The zero-order valence-electron chi connectivity index (χ0n) is 12.9. The van der Waals surface area contributed by atoms with Crippen LogP contribution in [0.25, 0.3) is 0 Å². The number of unbranched alkanes of at least 4 members (excludes halogenated alkanes) is 2. The standard InChI is InChI=1S/C17H26O3/c1-4-5-6-9-14(2)20-16-11-8-7-10-15(16)12-13-17(18)19-3/h7-8,10-11,14H,4-6,9,12-13H2,1-3H3. The van der Waals surface area contributed by atoms with Crippen molar-refractivity contribution in [3.05, 3.63) is 29.8 Å². The van der Waals surface area contributed by atoms with E-state index in [1.165, 1.54) is 26.4 Å². The Balaban J connectivity index is 2.53. The van der Waals surface area contributed by atoms with Gasteiger partial charge in [-0.25, -0.2) is 0 Å². The Hall–Kier alpha value is -1.51. The van der Waals surface area contributed by atoms with Crippen LogP contribution in [0.5, 0.6) is 5.75 Å². The molecule has 3 heteroatoms. The molecule has 0 aliphatic heterocycles. The average molecular weight is 278 g/mol. The fourth-order valence-corrected chi connectivity index (χ4v) is 2.12. The SMILES string of the molecule is CCCCCC(C)Oc1ccccc1CCC(=O)OC. The zero-order chi connectivity index (χ0) is 14.8. The van der Waals surface area contributed by atoms with E-state index in [0.29, 0.717) is 12.8 Å². The minimum atomic E-state index is -0.184. The van der Waals surface area contributed by atoms with Crippen molar-refractivity contribution in [2.24, 2.45) is 0 Å². The lowest BCUT2D eigenvalue weighted by molar-refractivity contribution is -0.140. The third kappa shape index (κ3) is 6.09. The molecular weight excluding hydrogens is 252 g/mol. The number of hydrogen-bond donors (Lipinski definition) is 0. The first-order valence-corrected chi connectivity index (χ1v) is 7.48. The van der Waals surface area contributed by atoms with Crippen LogP contribution in [0.2, 0.25) is 0 Å². The molecule has 1 aromatic rings. The number of hydrogen-bond acceptors (Lipinski definition) is 3. The minimum absolute atomic E-state index is 0.184. The number of para-hydroxylation sites is 1. The van der Waals surface area contributed by atoms with Gasteiger partial charge in [0.1, 0.15) is 5.75 Å². The van der Waals surface area contributed by atoms with Crippen molar-refractivity contribution in [1.29, 1.82) is 0 Å². The molecule has 0 saturated heterocycles. The number of carbonyl (C=O) groups excluding carboxylic acids is 1. The van der Waals surface area contributed by atoms with Gasteiger partial charge in [-0.05, 0) is 37.8 Å². The van der Waals surface area contributed by atoms with Crippen LogP contribution in [0.15, 0.2) is 24.3 Å². The maximum Gasteiger partial charge on any atom is 0.305 e. The molecule has 1 rings (SSSR count). The number of carbonyl (C=O) groups is 1. The lowest BCUT2D eigenvalue weighted by Gasteiger charge is -2.17. The van der Waals surface area contributed by atoms with Crippen molar-refractivity contribution in [3.63, 3.8) is 0 Å². The van der Waals surface area contributed by atoms with Crippen molar-refractivity contribution in [3.8, 4) is 5.75 Å². The second-order valence-electron chi connectivity index (χ2n) is 5.11. The van der Waals surface area contributed by atoms with Crippen molar-refractivity contribution >= 4 is 5.97 Å². The first-order valence-electron chi connectivity index (χ1n) is 7.48. The average Bonchev–Trinajstić information content (AvgIpc) is 2.46. The van der Waals surface area contributed by atoms with Gasteiger partial charge in [-0.2, -0.15) is 0 Å². The van der Waals surface area contributed by atoms with E-state index in [-0.39, 0.29) is 12.1 Å². The van der Waals surface area contributed by atoms with Gasteiger partial charge in [0, 0.05) is 6.42 Å². The summed E-state index contributed by atoms with van der Waals surface area (Å²) in [6.45, 7) is 4.31. The van der Waals surface area contributed by atoms with Gasteiger partial charge in [-0.3, -0.25) is 4.79 Å². The molecule has 112 valence electrons. The van der Waals surface area contributed by atoms with E-state index in [1.54, 1.807) is 0 Å². The van der Waals surface area contributed by atoms with Gasteiger partial charge in [0.2, 0.25) is 0 Å². The summed E-state index contributed by atoms with van der Waals surface area (Å²) in [4.78, 5) is 11.2. The summed E-state index contributed by atoms with van der Waals surface area (Å²) in [5.74, 6) is 0.705. The van der Waals surface area contributed by atoms with Gasteiger partial charge in [0.25, 0.3) is 0 Å². The summed E-state index contributed by atoms with van der Waals surface area (Å²) >= 11 is 0. The molecule has 0 spiro atoms. The summed E-state index contributed by atoms with van der Waals surface area (Å²) in [6.07, 6.45) is 5.99. The third-order valence-corrected chi connectivity index (χ3v) is 3.34. The molecule has 20 heavy (non-hydrogen) atoms. The summed E-state index contributed by atoms with van der Waals surface area (Å²) in [5, 5.41) is 0. The highest BCUT2D eigenvalue weighted by Crippen LogP contribution is 2.22. The van der Waals surface area contributed by atoms with Crippen LogP contribution < -0.4 is 4.74 Å². The number of ether oxygens (including phenoxy) is 2. The van der Waals surface area contributed by atoms with Crippen LogP contribution in [-0.2, 0) is 16.0 Å². The van der Waals surface area contributed by atoms with Gasteiger partial charge < -0.3 is 9.47 Å². The lowest BCUT2D eigenvalue weighted by Crippen LogP contribution is -2.13. The maximum atomic E-state index is 11.2. The van der Waals surface area contributed by atoms with E-state index >= 15 is 0 Å². The molecular formula is C17H26O3. The molecule has 0 aliphatic carbocycles. The zero-order valence-corrected chi connectivity index (χ0v) is 12.9. The summed E-state index contributed by atoms with van der Waals surface area (Å²) < 4.78 is 10.7. The highest BCUT2D eigenvalue weighted by Gasteiger charge is 2.09. The molecule has 0 saturated carbocycles. The van der Waals surface area contributed by atoms with Gasteiger partial charge in [0.05, 0.1) is 13.2 Å². The van der Waals surface area contributed by atoms with Crippen LogP contribution in [0, 0.1) is 0 Å². The van der Waals surface area contributed by atoms with Crippen molar-refractivity contribution in [2.75, 3.05) is 7.11 Å². The Kier molecular flexibility index (Phi) is 7.78. The van der Waals surface area contributed by atoms with E-state index in [9.17, 15) is 4.79 Å². The second-order valence-corrected chi connectivity index (χ2v) is 5.11. The molecule has 0 fully saturated rings. The van der Waals surface area contributed by atoms with E-state index < -0.39 is 0 Å². The smallest absolute Gasteiger partial charge is 0.305 e. The van der Waals surface area contributed by atoms with E-state index in [1.807, 2.05) is 24.3 Å². The highest BCUT2D eigenvalue weighted by molar-refractivity contribution is 5.69. The number of aryl methyl sites for hydroxylation is 1. The fourth-order valence-electron chi connectivity index (χ4n) is 2.12. The second kappa shape index (κ2) is 9.40. The molecule has 1 unspecified atom stereocenters. The Bertz CT molecular complexity index is 401. The Morgan fingerprint density at radius 2 is 2.00 bits per heavy atom. The van der Waals surface area contributed by atoms with Gasteiger partial charge in [0.15, 0.2) is 0 Å². The number of rotatable bonds is 9. The first kappa shape index (κ1) is 16.5. The Morgan fingerprint density at radius 1 is 1.25 bits per heavy atom. The van der Waals surface area contributed by atoms with E-state index in [2.05, 4.69) is 18.6 Å². The number of benzene rings is 1.